The molecule has 0 bridgehead atoms. The topological polar surface area (TPSA) is 15.3 Å². The Hall–Kier alpha value is -0.580. The van der Waals surface area contributed by atoms with E-state index >= 15 is 0 Å². The molecule has 0 aliphatic heterocycles. The first-order valence-electron chi connectivity index (χ1n) is 5.69. The molecule has 0 aliphatic rings. The molecule has 1 N–H and O–H groups in total. The summed E-state index contributed by atoms with van der Waals surface area (Å²) in [5, 5.41) is 3.27. The lowest BCUT2D eigenvalue weighted by Crippen LogP contribution is -2.21. The Labute approximate surface area is 114 Å². The average molecular weight is 268 g/mol. The summed E-state index contributed by atoms with van der Waals surface area (Å²) < 4.78 is 0.882. The third kappa shape index (κ3) is 6.66. The van der Waals surface area contributed by atoms with Gasteiger partial charge in [0.1, 0.15) is 4.32 Å². The largest absolute Gasteiger partial charge is 0.367 e. The molecule has 2 nitrogen and oxygen atoms in total. The van der Waals surface area contributed by atoms with Gasteiger partial charge in [0.15, 0.2) is 0 Å². The molecule has 0 fully saturated rings. The third-order valence-corrected chi connectivity index (χ3v) is 3.62. The predicted octanol–water partition coefficient (Wildman–Crippen LogP) is 2.66. The zero-order valence-electron chi connectivity index (χ0n) is 10.7. The molecule has 0 heterocycles. The van der Waals surface area contributed by atoms with Crippen molar-refractivity contribution in [1.82, 2.24) is 10.2 Å². The van der Waals surface area contributed by atoms with E-state index in [1.807, 2.05) is 0 Å². The molecule has 0 aromatic heterocycles. The molecule has 0 amide bonds. The Morgan fingerprint density at radius 3 is 2.53 bits per heavy atom. The molecule has 1 aromatic carbocycles. The Kier molecular flexibility index (Phi) is 6.55. The molecule has 94 valence electrons. The molecule has 1 rings (SSSR count). The Balaban J connectivity index is 2.21. The zero-order chi connectivity index (χ0) is 12.7. The van der Waals surface area contributed by atoms with Crippen LogP contribution in [-0.2, 0) is 6.54 Å². The highest BCUT2D eigenvalue weighted by atomic mass is 32.2. The molecule has 1 aromatic rings. The minimum atomic E-state index is 0.814. The summed E-state index contributed by atoms with van der Waals surface area (Å²) in [6, 6.07) is 8.52. The first-order chi connectivity index (χ1) is 8.08. The SMILES string of the molecule is Cc1ccc(CNC(=S)SCCN(C)C)cc1. The van der Waals surface area contributed by atoms with Crippen LogP contribution in [0.1, 0.15) is 11.1 Å². The van der Waals surface area contributed by atoms with Gasteiger partial charge in [-0.15, -0.1) is 0 Å². The van der Waals surface area contributed by atoms with Crippen molar-refractivity contribution in [1.29, 1.82) is 0 Å². The van der Waals surface area contributed by atoms with Crippen molar-refractivity contribution in [3.05, 3.63) is 35.4 Å². The van der Waals surface area contributed by atoms with Crippen molar-refractivity contribution in [2.24, 2.45) is 0 Å². The van der Waals surface area contributed by atoms with Crippen LogP contribution in [0.5, 0.6) is 0 Å². The van der Waals surface area contributed by atoms with Crippen molar-refractivity contribution in [3.8, 4) is 0 Å². The molecule has 0 aliphatic carbocycles. The van der Waals surface area contributed by atoms with Gasteiger partial charge in [-0.05, 0) is 26.6 Å². The third-order valence-electron chi connectivity index (χ3n) is 2.33. The molecule has 17 heavy (non-hydrogen) atoms. The quantitative estimate of drug-likeness (QED) is 0.826. The van der Waals surface area contributed by atoms with E-state index in [-0.39, 0.29) is 0 Å². The number of thioether (sulfide) groups is 1. The van der Waals surface area contributed by atoms with Gasteiger partial charge in [0.25, 0.3) is 0 Å². The second-order valence-electron chi connectivity index (χ2n) is 4.28. The van der Waals surface area contributed by atoms with E-state index in [2.05, 4.69) is 55.5 Å². The van der Waals surface area contributed by atoms with Crippen molar-refractivity contribution in [2.45, 2.75) is 13.5 Å². The molecule has 0 saturated carbocycles. The summed E-state index contributed by atoms with van der Waals surface area (Å²) in [6.07, 6.45) is 0. The van der Waals surface area contributed by atoms with Crippen molar-refractivity contribution in [3.63, 3.8) is 0 Å². The van der Waals surface area contributed by atoms with Crippen LogP contribution in [0, 0.1) is 6.92 Å². The lowest BCUT2D eigenvalue weighted by Gasteiger charge is -2.10. The summed E-state index contributed by atoms with van der Waals surface area (Å²) in [5.41, 5.74) is 2.56. The van der Waals surface area contributed by atoms with E-state index in [0.29, 0.717) is 0 Å². The predicted molar refractivity (Wildman–Crippen MR) is 81.6 cm³/mol. The van der Waals surface area contributed by atoms with E-state index in [0.717, 1.165) is 23.2 Å². The molecule has 0 atom stereocenters. The van der Waals surface area contributed by atoms with E-state index in [1.165, 1.54) is 11.1 Å². The van der Waals surface area contributed by atoms with E-state index in [9.17, 15) is 0 Å². The van der Waals surface area contributed by atoms with E-state index in [4.69, 9.17) is 12.2 Å². The smallest absolute Gasteiger partial charge is 0.134 e. The lowest BCUT2D eigenvalue weighted by molar-refractivity contribution is 0.437. The van der Waals surface area contributed by atoms with Crippen LogP contribution in [0.3, 0.4) is 0 Å². The van der Waals surface area contributed by atoms with Crippen molar-refractivity contribution >= 4 is 28.3 Å². The highest BCUT2D eigenvalue weighted by molar-refractivity contribution is 8.22. The van der Waals surface area contributed by atoms with Crippen LogP contribution >= 0.6 is 24.0 Å². The number of hydrogen-bond acceptors (Lipinski definition) is 3. The number of benzene rings is 1. The minimum absolute atomic E-state index is 0.814. The maximum absolute atomic E-state index is 5.26. The van der Waals surface area contributed by atoms with Crippen LogP contribution in [0.4, 0.5) is 0 Å². The number of thiocarbonyl (C=S) groups is 1. The summed E-state index contributed by atoms with van der Waals surface area (Å²) in [6.45, 7) is 3.96. The van der Waals surface area contributed by atoms with Gasteiger partial charge >= 0.3 is 0 Å². The van der Waals surface area contributed by atoms with Crippen LogP contribution in [-0.4, -0.2) is 35.6 Å². The molecule has 0 radical (unpaired) electrons. The standard InChI is InChI=1S/C13H20N2S2/c1-11-4-6-12(7-5-11)10-14-13(16)17-9-8-15(2)3/h4-7H,8-10H2,1-3H3,(H,14,16). The summed E-state index contributed by atoms with van der Waals surface area (Å²) in [7, 11) is 4.15. The van der Waals surface area contributed by atoms with Gasteiger partial charge in [0.05, 0.1) is 0 Å². The number of hydrogen-bond donors (Lipinski definition) is 1. The normalized spacial score (nSPS) is 10.6. The molecule has 4 heteroatoms. The van der Waals surface area contributed by atoms with Gasteiger partial charge in [-0.3, -0.25) is 0 Å². The van der Waals surface area contributed by atoms with Crippen molar-refractivity contribution in [2.75, 3.05) is 26.4 Å². The first-order valence-corrected chi connectivity index (χ1v) is 7.08. The van der Waals surface area contributed by atoms with E-state index < -0.39 is 0 Å². The van der Waals surface area contributed by atoms with Gasteiger partial charge in [0.2, 0.25) is 0 Å². The second kappa shape index (κ2) is 7.69. The molecule has 0 saturated heterocycles. The molecule has 0 spiro atoms. The van der Waals surface area contributed by atoms with E-state index in [1.54, 1.807) is 11.8 Å². The van der Waals surface area contributed by atoms with Gasteiger partial charge in [-0.25, -0.2) is 0 Å². The number of rotatable bonds is 5. The fourth-order valence-corrected chi connectivity index (χ4v) is 2.39. The van der Waals surface area contributed by atoms with Crippen LogP contribution in [0.2, 0.25) is 0 Å². The maximum Gasteiger partial charge on any atom is 0.134 e. The molecular weight excluding hydrogens is 248 g/mol. The number of aryl methyl sites for hydroxylation is 1. The van der Waals surface area contributed by atoms with Gasteiger partial charge in [-0.2, -0.15) is 0 Å². The summed E-state index contributed by atoms with van der Waals surface area (Å²) in [5.74, 6) is 1.03. The summed E-state index contributed by atoms with van der Waals surface area (Å²) >= 11 is 6.97. The van der Waals surface area contributed by atoms with Crippen LogP contribution in [0.15, 0.2) is 24.3 Å². The highest BCUT2D eigenvalue weighted by Gasteiger charge is 1.98. The number of nitrogens with one attached hydrogen (secondary N) is 1. The molecule has 0 unspecified atom stereocenters. The van der Waals surface area contributed by atoms with Crippen LogP contribution in [0.25, 0.3) is 0 Å². The monoisotopic (exact) mass is 268 g/mol. The second-order valence-corrected chi connectivity index (χ2v) is 6.05. The summed E-state index contributed by atoms with van der Waals surface area (Å²) in [4.78, 5) is 2.16. The fraction of sp³-hybridized carbons (Fsp3) is 0.462. The highest BCUT2D eigenvalue weighted by Crippen LogP contribution is 2.05. The van der Waals surface area contributed by atoms with Gasteiger partial charge in [-0.1, -0.05) is 53.8 Å². The fourth-order valence-electron chi connectivity index (χ4n) is 1.25. The molecular formula is C13H20N2S2. The van der Waals surface area contributed by atoms with Gasteiger partial charge in [0, 0.05) is 18.8 Å². The Bertz CT molecular complexity index is 347. The zero-order valence-corrected chi connectivity index (χ0v) is 12.3. The van der Waals surface area contributed by atoms with Crippen LogP contribution < -0.4 is 5.32 Å². The minimum Gasteiger partial charge on any atom is -0.367 e. The Morgan fingerprint density at radius 2 is 1.94 bits per heavy atom. The lowest BCUT2D eigenvalue weighted by atomic mass is 10.1. The number of nitrogens with zero attached hydrogens (tertiary/aromatic N) is 1. The van der Waals surface area contributed by atoms with Gasteiger partial charge < -0.3 is 10.2 Å². The first kappa shape index (κ1) is 14.5. The average Bonchev–Trinajstić information content (AvgIpc) is 2.28. The maximum atomic E-state index is 5.26. The Morgan fingerprint density at radius 1 is 1.29 bits per heavy atom. The van der Waals surface area contributed by atoms with Crippen molar-refractivity contribution < 1.29 is 0 Å².